The second kappa shape index (κ2) is 7.15. The molecule has 1 fully saturated rings. The van der Waals surface area contributed by atoms with Crippen LogP contribution in [-0.4, -0.2) is 60.5 Å². The Hall–Kier alpha value is -3.82. The third-order valence-corrected chi connectivity index (χ3v) is 5.55. The highest BCUT2D eigenvalue weighted by molar-refractivity contribution is 5.85. The molecule has 0 spiro atoms. The normalized spacial score (nSPS) is 14.1. The molecule has 5 rings (SSSR count). The lowest BCUT2D eigenvalue weighted by Gasteiger charge is -2.39. The number of hydrogen-bond donors (Lipinski definition) is 0. The standard InChI is InChI=1S/C21H22N8O2/c1-12-22-13(2)29(26-12)18-9-17(24-19(25-18)21(30)31-4)28-10-14(11-28)20-23-15-7-5-6-8-16(15)27(20)3/h5-9,14H,10-11H2,1-4H3. The van der Waals surface area contributed by atoms with E-state index in [0.717, 1.165) is 29.9 Å². The summed E-state index contributed by atoms with van der Waals surface area (Å²) >= 11 is 0. The number of carbonyl (C=O) groups is 1. The second-order valence-corrected chi connectivity index (χ2v) is 7.64. The zero-order chi connectivity index (χ0) is 21.7. The van der Waals surface area contributed by atoms with Gasteiger partial charge in [0.15, 0.2) is 5.82 Å². The van der Waals surface area contributed by atoms with Gasteiger partial charge < -0.3 is 14.2 Å². The number of ether oxygens (including phenoxy) is 1. The lowest BCUT2D eigenvalue weighted by molar-refractivity contribution is 0.0586. The first kappa shape index (κ1) is 19.2. The average molecular weight is 418 g/mol. The number of carbonyl (C=O) groups excluding carboxylic acids is 1. The molecule has 0 amide bonds. The molecule has 0 bridgehead atoms. The van der Waals surface area contributed by atoms with Gasteiger partial charge in [-0.15, -0.1) is 5.10 Å². The topological polar surface area (TPSA) is 104 Å². The van der Waals surface area contributed by atoms with E-state index in [2.05, 4.69) is 35.6 Å². The summed E-state index contributed by atoms with van der Waals surface area (Å²) in [5.74, 6) is 3.15. The van der Waals surface area contributed by atoms with Crippen molar-refractivity contribution in [1.29, 1.82) is 0 Å². The molecule has 0 aliphatic carbocycles. The minimum atomic E-state index is -0.593. The van der Waals surface area contributed by atoms with E-state index in [4.69, 9.17) is 9.72 Å². The van der Waals surface area contributed by atoms with Gasteiger partial charge in [-0.2, -0.15) is 4.68 Å². The number of fused-ring (bicyclic) bond motifs is 1. The Balaban J connectivity index is 1.46. The van der Waals surface area contributed by atoms with Gasteiger partial charge in [0.05, 0.1) is 24.1 Å². The van der Waals surface area contributed by atoms with Crippen LogP contribution in [0, 0.1) is 13.8 Å². The van der Waals surface area contributed by atoms with Crippen molar-refractivity contribution in [3.8, 4) is 5.82 Å². The SMILES string of the molecule is COC(=O)c1nc(N2CC(c3nc4ccccc4n3C)C2)cc(-n2nc(C)nc2C)n1. The highest BCUT2D eigenvalue weighted by Gasteiger charge is 2.33. The molecule has 0 saturated carbocycles. The van der Waals surface area contributed by atoms with Crippen LogP contribution >= 0.6 is 0 Å². The molecule has 4 heterocycles. The minimum Gasteiger partial charge on any atom is -0.463 e. The molecule has 10 nitrogen and oxygen atoms in total. The van der Waals surface area contributed by atoms with Crippen LogP contribution in [0.15, 0.2) is 30.3 Å². The van der Waals surface area contributed by atoms with Crippen molar-refractivity contribution in [3.05, 3.63) is 53.6 Å². The van der Waals surface area contributed by atoms with Gasteiger partial charge in [-0.3, -0.25) is 0 Å². The number of benzene rings is 1. The summed E-state index contributed by atoms with van der Waals surface area (Å²) in [6, 6.07) is 9.93. The van der Waals surface area contributed by atoms with Gasteiger partial charge in [-0.1, -0.05) is 12.1 Å². The van der Waals surface area contributed by atoms with Crippen molar-refractivity contribution in [2.45, 2.75) is 19.8 Å². The number of anilines is 1. The van der Waals surface area contributed by atoms with E-state index in [0.29, 0.717) is 23.3 Å². The van der Waals surface area contributed by atoms with Crippen LogP contribution in [0.25, 0.3) is 16.9 Å². The van der Waals surface area contributed by atoms with Crippen molar-refractivity contribution in [2.75, 3.05) is 25.1 Å². The van der Waals surface area contributed by atoms with Crippen LogP contribution in [-0.2, 0) is 11.8 Å². The Morgan fingerprint density at radius 3 is 2.48 bits per heavy atom. The number of aryl methyl sites for hydroxylation is 3. The average Bonchev–Trinajstić information content (AvgIpc) is 3.25. The summed E-state index contributed by atoms with van der Waals surface area (Å²) in [6.45, 7) is 5.13. The summed E-state index contributed by atoms with van der Waals surface area (Å²) in [4.78, 5) is 32.2. The Morgan fingerprint density at radius 1 is 1.06 bits per heavy atom. The highest BCUT2D eigenvalue weighted by Crippen LogP contribution is 2.32. The lowest BCUT2D eigenvalue weighted by Crippen LogP contribution is -2.46. The van der Waals surface area contributed by atoms with E-state index in [1.165, 1.54) is 7.11 Å². The van der Waals surface area contributed by atoms with Gasteiger partial charge >= 0.3 is 5.97 Å². The maximum absolute atomic E-state index is 12.2. The van der Waals surface area contributed by atoms with Gasteiger partial charge in [-0.05, 0) is 26.0 Å². The number of hydrogen-bond acceptors (Lipinski definition) is 8. The molecule has 1 aliphatic heterocycles. The van der Waals surface area contributed by atoms with Crippen molar-refractivity contribution >= 4 is 22.8 Å². The Labute approximate surface area is 178 Å². The number of esters is 1. The van der Waals surface area contributed by atoms with Gasteiger partial charge in [0.2, 0.25) is 5.82 Å². The monoisotopic (exact) mass is 418 g/mol. The Morgan fingerprint density at radius 2 is 1.81 bits per heavy atom. The van der Waals surface area contributed by atoms with Crippen LogP contribution in [0.1, 0.15) is 34.0 Å². The zero-order valence-corrected chi connectivity index (χ0v) is 17.8. The summed E-state index contributed by atoms with van der Waals surface area (Å²) in [7, 11) is 3.36. The fourth-order valence-electron chi connectivity index (χ4n) is 3.97. The van der Waals surface area contributed by atoms with Gasteiger partial charge in [0.1, 0.15) is 23.3 Å². The second-order valence-electron chi connectivity index (χ2n) is 7.64. The summed E-state index contributed by atoms with van der Waals surface area (Å²) < 4.78 is 8.60. The van der Waals surface area contributed by atoms with Gasteiger partial charge in [0.25, 0.3) is 0 Å². The molecule has 0 N–H and O–H groups in total. The van der Waals surface area contributed by atoms with Crippen molar-refractivity contribution < 1.29 is 9.53 Å². The maximum Gasteiger partial charge on any atom is 0.376 e. The molecule has 1 aromatic carbocycles. The molecule has 0 unspecified atom stereocenters. The molecule has 10 heteroatoms. The molecule has 0 atom stereocenters. The first-order valence-corrected chi connectivity index (χ1v) is 9.99. The smallest absolute Gasteiger partial charge is 0.376 e. The number of para-hydroxylation sites is 2. The molecule has 4 aromatic rings. The van der Waals surface area contributed by atoms with Crippen LogP contribution in [0.3, 0.4) is 0 Å². The first-order chi connectivity index (χ1) is 14.9. The quantitative estimate of drug-likeness (QED) is 0.463. The van der Waals surface area contributed by atoms with Crippen LogP contribution in [0.4, 0.5) is 5.82 Å². The molecule has 1 saturated heterocycles. The predicted octanol–water partition coefficient (Wildman–Crippen LogP) is 1.95. The van der Waals surface area contributed by atoms with Gasteiger partial charge in [-0.25, -0.2) is 24.7 Å². The molecular weight excluding hydrogens is 396 g/mol. The molecule has 1 aliphatic rings. The van der Waals surface area contributed by atoms with Crippen LogP contribution in [0.5, 0.6) is 0 Å². The highest BCUT2D eigenvalue weighted by atomic mass is 16.5. The van der Waals surface area contributed by atoms with Gasteiger partial charge in [0, 0.05) is 26.2 Å². The van der Waals surface area contributed by atoms with E-state index in [9.17, 15) is 4.79 Å². The zero-order valence-electron chi connectivity index (χ0n) is 17.8. The summed E-state index contributed by atoms with van der Waals surface area (Å²) in [5, 5.41) is 4.38. The Bertz CT molecular complexity index is 1300. The van der Waals surface area contributed by atoms with Crippen LogP contribution < -0.4 is 4.90 Å². The van der Waals surface area contributed by atoms with E-state index in [1.54, 1.807) is 4.68 Å². The Kier molecular flexibility index (Phi) is 4.42. The third-order valence-electron chi connectivity index (χ3n) is 5.55. The fourth-order valence-corrected chi connectivity index (χ4v) is 3.97. The largest absolute Gasteiger partial charge is 0.463 e. The number of rotatable bonds is 4. The molecule has 31 heavy (non-hydrogen) atoms. The molecule has 3 aromatic heterocycles. The number of methoxy groups -OCH3 is 1. The van der Waals surface area contributed by atoms with E-state index >= 15 is 0 Å². The van der Waals surface area contributed by atoms with E-state index < -0.39 is 5.97 Å². The fraction of sp³-hybridized carbons (Fsp3) is 0.333. The third kappa shape index (κ3) is 3.20. The lowest BCUT2D eigenvalue weighted by atomic mass is 9.99. The molecular formula is C21H22N8O2. The summed E-state index contributed by atoms with van der Waals surface area (Å²) in [5.41, 5.74) is 2.11. The predicted molar refractivity (Wildman–Crippen MR) is 113 cm³/mol. The number of imidazole rings is 1. The molecule has 158 valence electrons. The first-order valence-electron chi connectivity index (χ1n) is 9.99. The van der Waals surface area contributed by atoms with E-state index in [1.807, 2.05) is 45.2 Å². The summed E-state index contributed by atoms with van der Waals surface area (Å²) in [6.07, 6.45) is 0. The number of nitrogens with zero attached hydrogens (tertiary/aromatic N) is 8. The van der Waals surface area contributed by atoms with Crippen LogP contribution in [0.2, 0.25) is 0 Å². The molecule has 0 radical (unpaired) electrons. The van der Waals surface area contributed by atoms with Crippen molar-refractivity contribution in [1.82, 2.24) is 34.3 Å². The maximum atomic E-state index is 12.2. The number of aromatic nitrogens is 7. The minimum absolute atomic E-state index is 0.00580. The van der Waals surface area contributed by atoms with E-state index in [-0.39, 0.29) is 11.7 Å². The van der Waals surface area contributed by atoms with Crippen molar-refractivity contribution in [3.63, 3.8) is 0 Å². The van der Waals surface area contributed by atoms with Crippen molar-refractivity contribution in [2.24, 2.45) is 7.05 Å².